The van der Waals surface area contributed by atoms with Crippen LogP contribution in [0.25, 0.3) is 16.5 Å². The van der Waals surface area contributed by atoms with Crippen molar-refractivity contribution in [3.8, 4) is 0 Å². The number of anilines is 2. The van der Waals surface area contributed by atoms with Crippen molar-refractivity contribution in [2.45, 2.75) is 0 Å². The summed E-state index contributed by atoms with van der Waals surface area (Å²) < 4.78 is 10.4. The van der Waals surface area contributed by atoms with Crippen molar-refractivity contribution < 1.29 is 14.3 Å². The van der Waals surface area contributed by atoms with Crippen molar-refractivity contribution in [3.63, 3.8) is 0 Å². The summed E-state index contributed by atoms with van der Waals surface area (Å²) in [6.45, 7) is 1.05. The molecule has 0 bridgehead atoms. The predicted octanol–water partition coefficient (Wildman–Crippen LogP) is 5.49. The first-order valence-corrected chi connectivity index (χ1v) is 9.32. The number of carbonyl (C=O) groups is 1. The number of ether oxygens (including phenoxy) is 2. The number of hydrogen-bond donors (Lipinski definition) is 1. The summed E-state index contributed by atoms with van der Waals surface area (Å²) in [6.07, 6.45) is 3.81. The van der Waals surface area contributed by atoms with E-state index in [0.29, 0.717) is 34.5 Å². The number of methoxy groups -OCH3 is 1. The van der Waals surface area contributed by atoms with Gasteiger partial charge in [-0.25, -0.2) is 4.79 Å². The summed E-state index contributed by atoms with van der Waals surface area (Å²) in [4.78, 5) is 16.8. The number of fused-ring (bicyclic) bond motifs is 1. The van der Waals surface area contributed by atoms with Crippen LogP contribution in [0.4, 0.5) is 11.4 Å². The number of halogens is 2. The molecule has 2 aromatic carbocycles. The van der Waals surface area contributed by atoms with Gasteiger partial charge in [0.2, 0.25) is 0 Å². The fourth-order valence-electron chi connectivity index (χ4n) is 3.16. The third kappa shape index (κ3) is 3.56. The van der Waals surface area contributed by atoms with Gasteiger partial charge in [0.15, 0.2) is 0 Å². The lowest BCUT2D eigenvalue weighted by molar-refractivity contribution is 0.0602. The van der Waals surface area contributed by atoms with Crippen LogP contribution in [-0.2, 0) is 9.47 Å². The van der Waals surface area contributed by atoms with Crippen LogP contribution >= 0.6 is 23.2 Å². The molecule has 28 heavy (non-hydrogen) atoms. The molecule has 0 aliphatic carbocycles. The Bertz CT molecular complexity index is 1110. The molecular weight excluding hydrogens is 399 g/mol. The molecule has 0 amide bonds. The maximum atomic E-state index is 12.2. The Kier molecular flexibility index (Phi) is 5.22. The van der Waals surface area contributed by atoms with Crippen molar-refractivity contribution >= 4 is 57.0 Å². The van der Waals surface area contributed by atoms with Gasteiger partial charge in [-0.05, 0) is 42.0 Å². The average molecular weight is 415 g/mol. The van der Waals surface area contributed by atoms with Crippen molar-refractivity contribution in [2.24, 2.45) is 0 Å². The molecule has 1 N–H and O–H groups in total. The van der Waals surface area contributed by atoms with Gasteiger partial charge in [-0.1, -0.05) is 29.3 Å². The molecule has 0 saturated heterocycles. The molecule has 2 heterocycles. The number of rotatable bonds is 4. The maximum absolute atomic E-state index is 12.2. The van der Waals surface area contributed by atoms with Crippen molar-refractivity contribution in [1.82, 2.24) is 4.98 Å². The van der Waals surface area contributed by atoms with Gasteiger partial charge in [-0.2, -0.15) is 0 Å². The van der Waals surface area contributed by atoms with Crippen molar-refractivity contribution in [1.29, 1.82) is 0 Å². The Balaban J connectivity index is 1.91. The van der Waals surface area contributed by atoms with Gasteiger partial charge in [0.25, 0.3) is 0 Å². The molecule has 1 aromatic heterocycles. The predicted molar refractivity (Wildman–Crippen MR) is 112 cm³/mol. The van der Waals surface area contributed by atoms with E-state index in [-0.39, 0.29) is 0 Å². The number of nitrogens with one attached hydrogen (secondary N) is 1. The number of esters is 1. The summed E-state index contributed by atoms with van der Waals surface area (Å²) >= 11 is 12.3. The van der Waals surface area contributed by atoms with Crippen LogP contribution in [-0.4, -0.2) is 31.3 Å². The smallest absolute Gasteiger partial charge is 0.340 e. The van der Waals surface area contributed by atoms with Crippen LogP contribution in [0.2, 0.25) is 10.0 Å². The zero-order chi connectivity index (χ0) is 19.7. The van der Waals surface area contributed by atoms with Crippen LogP contribution < -0.4 is 5.32 Å². The minimum absolute atomic E-state index is 0.338. The molecule has 0 radical (unpaired) electrons. The first-order chi connectivity index (χ1) is 13.6. The molecule has 7 heteroatoms. The largest absolute Gasteiger partial charge is 0.465 e. The first kappa shape index (κ1) is 18.7. The van der Waals surface area contributed by atoms with Crippen LogP contribution in [0.15, 0.2) is 48.7 Å². The minimum atomic E-state index is -0.480. The second-order valence-corrected chi connectivity index (χ2v) is 7.13. The Labute approximate surface area is 171 Å². The molecule has 0 saturated carbocycles. The third-order valence-corrected chi connectivity index (χ3v) is 5.00. The lowest BCUT2D eigenvalue weighted by Crippen LogP contribution is -2.07. The van der Waals surface area contributed by atoms with E-state index in [9.17, 15) is 4.79 Å². The Morgan fingerprint density at radius 3 is 2.71 bits per heavy atom. The van der Waals surface area contributed by atoms with Crippen LogP contribution in [0.5, 0.6) is 0 Å². The third-order valence-electron chi connectivity index (χ3n) is 4.53. The highest BCUT2D eigenvalue weighted by molar-refractivity contribution is 6.31. The van der Waals surface area contributed by atoms with E-state index in [4.69, 9.17) is 32.7 Å². The first-order valence-electron chi connectivity index (χ1n) is 8.57. The van der Waals surface area contributed by atoms with E-state index in [2.05, 4.69) is 10.3 Å². The van der Waals surface area contributed by atoms with E-state index in [1.807, 2.05) is 18.2 Å². The van der Waals surface area contributed by atoms with E-state index in [1.165, 1.54) is 7.11 Å². The topological polar surface area (TPSA) is 60.5 Å². The van der Waals surface area contributed by atoms with E-state index >= 15 is 0 Å². The summed E-state index contributed by atoms with van der Waals surface area (Å²) in [6, 6.07) is 10.5. The Hall–Kier alpha value is -2.60. The normalized spacial score (nSPS) is 13.5. The molecule has 142 valence electrons. The summed E-state index contributed by atoms with van der Waals surface area (Å²) in [5.74, 6) is -0.480. The molecule has 1 aliphatic rings. The lowest BCUT2D eigenvalue weighted by Gasteiger charge is -2.17. The second kappa shape index (κ2) is 7.80. The molecule has 4 rings (SSSR count). The number of pyridine rings is 1. The lowest BCUT2D eigenvalue weighted by atomic mass is 10.0. The van der Waals surface area contributed by atoms with E-state index in [1.54, 1.807) is 30.5 Å². The fraction of sp³-hybridized carbons (Fsp3) is 0.143. The van der Waals surface area contributed by atoms with Gasteiger partial charge in [-0.15, -0.1) is 0 Å². The average Bonchev–Trinajstić information content (AvgIpc) is 3.23. The minimum Gasteiger partial charge on any atom is -0.465 e. The number of carbonyl (C=O) groups excluding carboxylic acids is 1. The van der Waals surface area contributed by atoms with E-state index < -0.39 is 5.97 Å². The molecule has 5 nitrogen and oxygen atoms in total. The Morgan fingerprint density at radius 1 is 1.18 bits per heavy atom. The highest BCUT2D eigenvalue weighted by Gasteiger charge is 2.19. The Morgan fingerprint density at radius 2 is 1.96 bits per heavy atom. The van der Waals surface area contributed by atoms with Crippen LogP contribution in [0, 0.1) is 0 Å². The van der Waals surface area contributed by atoms with Gasteiger partial charge >= 0.3 is 5.97 Å². The highest BCUT2D eigenvalue weighted by atomic mass is 35.5. The van der Waals surface area contributed by atoms with Gasteiger partial charge in [0.1, 0.15) is 0 Å². The quantitative estimate of drug-likeness (QED) is 0.572. The zero-order valence-corrected chi connectivity index (χ0v) is 16.5. The molecule has 0 fully saturated rings. The van der Waals surface area contributed by atoms with Crippen LogP contribution in [0.3, 0.4) is 0 Å². The molecule has 1 aliphatic heterocycles. The number of hydrogen-bond acceptors (Lipinski definition) is 5. The molecule has 0 spiro atoms. The second-order valence-electron chi connectivity index (χ2n) is 6.26. The fourth-order valence-corrected chi connectivity index (χ4v) is 3.50. The molecule has 3 aromatic rings. The number of aromatic nitrogens is 1. The van der Waals surface area contributed by atoms with E-state index in [0.717, 1.165) is 27.7 Å². The van der Waals surface area contributed by atoms with Crippen molar-refractivity contribution in [3.05, 3.63) is 69.8 Å². The summed E-state index contributed by atoms with van der Waals surface area (Å²) in [5, 5.41) is 5.25. The standard InChI is InChI=1S/C21H16Cl2N2O3/c1-27-21(26)16-9-14(23)3-5-19(16)25-20-15-8-13(22)2-4-18(15)24-10-17(20)12-6-7-28-11-12/h2-6,8-10H,7,11H2,1H3,(H,24,25). The highest BCUT2D eigenvalue weighted by Crippen LogP contribution is 2.36. The van der Waals surface area contributed by atoms with Gasteiger partial charge in [0, 0.05) is 27.2 Å². The maximum Gasteiger partial charge on any atom is 0.340 e. The summed E-state index contributed by atoms with van der Waals surface area (Å²) in [7, 11) is 1.33. The van der Waals surface area contributed by atoms with Gasteiger partial charge < -0.3 is 14.8 Å². The number of benzene rings is 2. The SMILES string of the molecule is COC(=O)c1cc(Cl)ccc1Nc1c(C2=CCOC2)cnc2ccc(Cl)cc12. The van der Waals surface area contributed by atoms with Crippen LogP contribution in [0.1, 0.15) is 15.9 Å². The summed E-state index contributed by atoms with van der Waals surface area (Å²) in [5.41, 5.74) is 4.39. The molecular formula is C21H16Cl2N2O3. The zero-order valence-electron chi connectivity index (χ0n) is 15.0. The number of nitrogens with zero attached hydrogens (tertiary/aromatic N) is 1. The molecule has 0 atom stereocenters. The van der Waals surface area contributed by atoms with Gasteiger partial charge in [-0.3, -0.25) is 4.98 Å². The monoisotopic (exact) mass is 414 g/mol. The van der Waals surface area contributed by atoms with Crippen molar-refractivity contribution in [2.75, 3.05) is 25.6 Å². The molecule has 0 unspecified atom stereocenters. The van der Waals surface area contributed by atoms with Gasteiger partial charge in [0.05, 0.1) is 42.8 Å².